The Morgan fingerprint density at radius 3 is 2.85 bits per heavy atom. The number of anilines is 1. The maximum absolute atomic E-state index is 13.1. The molecule has 1 aromatic heterocycles. The van der Waals surface area contributed by atoms with Gasteiger partial charge in [0.2, 0.25) is 5.91 Å². The number of carbonyl (C=O) groups excluding carboxylic acids is 1. The number of aromatic nitrogens is 3. The topological polar surface area (TPSA) is 69.0 Å². The number of hydrogen-bond donors (Lipinski definition) is 1. The predicted octanol–water partition coefficient (Wildman–Crippen LogP) is 3.92. The molecule has 0 saturated heterocycles. The van der Waals surface area contributed by atoms with E-state index in [4.69, 9.17) is 16.3 Å². The lowest BCUT2D eigenvalue weighted by Crippen LogP contribution is -2.14. The number of para-hydroxylation sites is 1. The van der Waals surface area contributed by atoms with Crippen LogP contribution in [0.1, 0.15) is 5.82 Å². The minimum atomic E-state index is -0.406. The minimum absolute atomic E-state index is 0.119. The molecule has 0 atom stereocenters. The van der Waals surface area contributed by atoms with Gasteiger partial charge in [-0.1, -0.05) is 41.6 Å². The molecule has 27 heavy (non-hydrogen) atoms. The standard InChI is InChI=1S/C18H16ClFN4O2S/c1-24-16(10-26-15-8-3-2-7-14(15)19)22-23-18(24)27-11-17(25)21-13-6-4-5-12(20)9-13/h2-9H,10-11H2,1H3,(H,21,25). The molecule has 0 saturated carbocycles. The van der Waals surface area contributed by atoms with Crippen LogP contribution in [0.25, 0.3) is 0 Å². The lowest BCUT2D eigenvalue weighted by atomic mass is 10.3. The van der Waals surface area contributed by atoms with Gasteiger partial charge in [-0.25, -0.2) is 4.39 Å². The van der Waals surface area contributed by atoms with Gasteiger partial charge in [-0.15, -0.1) is 10.2 Å². The fraction of sp³-hybridized carbons (Fsp3) is 0.167. The Hall–Kier alpha value is -2.58. The fourth-order valence-electron chi connectivity index (χ4n) is 2.19. The summed E-state index contributed by atoms with van der Waals surface area (Å²) in [6.45, 7) is 0.198. The van der Waals surface area contributed by atoms with Crippen molar-refractivity contribution in [1.82, 2.24) is 14.8 Å². The van der Waals surface area contributed by atoms with Crippen molar-refractivity contribution in [3.8, 4) is 5.75 Å². The first-order valence-electron chi connectivity index (χ1n) is 7.97. The number of ether oxygens (including phenoxy) is 1. The van der Waals surface area contributed by atoms with Gasteiger partial charge in [-0.3, -0.25) is 4.79 Å². The lowest BCUT2D eigenvalue weighted by Gasteiger charge is -2.08. The molecule has 1 heterocycles. The molecular formula is C18H16ClFN4O2S. The first kappa shape index (κ1) is 19.2. The van der Waals surface area contributed by atoms with Gasteiger partial charge in [0.15, 0.2) is 11.0 Å². The van der Waals surface area contributed by atoms with Crippen LogP contribution in [0.4, 0.5) is 10.1 Å². The Balaban J connectivity index is 1.54. The minimum Gasteiger partial charge on any atom is -0.484 e. The van der Waals surface area contributed by atoms with Crippen molar-refractivity contribution in [2.75, 3.05) is 11.1 Å². The molecule has 6 nitrogen and oxygen atoms in total. The van der Waals surface area contributed by atoms with E-state index in [0.717, 1.165) is 0 Å². The number of benzene rings is 2. The molecule has 0 aliphatic rings. The summed E-state index contributed by atoms with van der Waals surface area (Å²) in [5.74, 6) is 0.613. The summed E-state index contributed by atoms with van der Waals surface area (Å²) in [5, 5.41) is 11.9. The molecule has 3 aromatic rings. The van der Waals surface area contributed by atoms with E-state index in [2.05, 4.69) is 15.5 Å². The van der Waals surface area contributed by atoms with E-state index in [9.17, 15) is 9.18 Å². The van der Waals surface area contributed by atoms with Gasteiger partial charge in [0.1, 0.15) is 18.2 Å². The number of halogens is 2. The average Bonchev–Trinajstić information content (AvgIpc) is 2.99. The van der Waals surface area contributed by atoms with Crippen LogP contribution in [0.2, 0.25) is 5.02 Å². The summed E-state index contributed by atoms with van der Waals surface area (Å²) in [4.78, 5) is 12.0. The lowest BCUT2D eigenvalue weighted by molar-refractivity contribution is -0.113. The third-order valence-corrected chi connectivity index (χ3v) is 4.89. The number of amides is 1. The molecule has 0 spiro atoms. The summed E-state index contributed by atoms with van der Waals surface area (Å²) in [6.07, 6.45) is 0. The molecule has 3 rings (SSSR count). The molecule has 2 aromatic carbocycles. The van der Waals surface area contributed by atoms with E-state index < -0.39 is 5.82 Å². The summed E-state index contributed by atoms with van der Waals surface area (Å²) in [5.41, 5.74) is 0.410. The van der Waals surface area contributed by atoms with Gasteiger partial charge in [-0.05, 0) is 30.3 Å². The van der Waals surface area contributed by atoms with Crippen molar-refractivity contribution >= 4 is 35.0 Å². The number of nitrogens with zero attached hydrogens (tertiary/aromatic N) is 3. The van der Waals surface area contributed by atoms with Crippen molar-refractivity contribution in [2.24, 2.45) is 7.05 Å². The highest BCUT2D eigenvalue weighted by Crippen LogP contribution is 2.24. The normalized spacial score (nSPS) is 10.6. The highest BCUT2D eigenvalue weighted by Gasteiger charge is 2.13. The van der Waals surface area contributed by atoms with Crippen LogP contribution in [0, 0.1) is 5.82 Å². The second-order valence-corrected chi connectivity index (χ2v) is 6.87. The van der Waals surface area contributed by atoms with E-state index in [-0.39, 0.29) is 18.3 Å². The Kier molecular flexibility index (Phi) is 6.31. The maximum atomic E-state index is 13.1. The number of thioether (sulfide) groups is 1. The number of carbonyl (C=O) groups is 1. The molecule has 0 aliphatic heterocycles. The SMILES string of the molecule is Cn1c(COc2ccccc2Cl)nnc1SCC(=O)Nc1cccc(F)c1. The molecule has 0 bridgehead atoms. The van der Waals surface area contributed by atoms with Gasteiger partial charge >= 0.3 is 0 Å². The van der Waals surface area contributed by atoms with Crippen LogP contribution < -0.4 is 10.1 Å². The van der Waals surface area contributed by atoms with E-state index in [1.807, 2.05) is 12.1 Å². The van der Waals surface area contributed by atoms with Gasteiger partial charge in [0.05, 0.1) is 10.8 Å². The zero-order chi connectivity index (χ0) is 19.2. The van der Waals surface area contributed by atoms with E-state index in [1.165, 1.54) is 30.0 Å². The molecular weight excluding hydrogens is 391 g/mol. The maximum Gasteiger partial charge on any atom is 0.234 e. The molecule has 0 unspecified atom stereocenters. The molecule has 1 amide bonds. The molecule has 0 radical (unpaired) electrons. The molecule has 140 valence electrons. The van der Waals surface area contributed by atoms with E-state index in [0.29, 0.717) is 27.4 Å². The summed E-state index contributed by atoms with van der Waals surface area (Å²) < 4.78 is 20.5. The van der Waals surface area contributed by atoms with Crippen molar-refractivity contribution in [3.05, 3.63) is 65.2 Å². The highest BCUT2D eigenvalue weighted by atomic mass is 35.5. The second-order valence-electron chi connectivity index (χ2n) is 5.52. The third kappa shape index (κ3) is 5.21. The number of rotatable bonds is 7. The zero-order valence-corrected chi connectivity index (χ0v) is 15.9. The van der Waals surface area contributed by atoms with Crippen molar-refractivity contribution in [3.63, 3.8) is 0 Å². The van der Waals surface area contributed by atoms with E-state index in [1.54, 1.807) is 29.8 Å². The monoisotopic (exact) mass is 406 g/mol. The molecule has 0 fully saturated rings. The molecule has 0 aliphatic carbocycles. The van der Waals surface area contributed by atoms with Crippen LogP contribution in [0.5, 0.6) is 5.75 Å². The van der Waals surface area contributed by atoms with Crippen LogP contribution in [0.15, 0.2) is 53.7 Å². The first-order chi connectivity index (χ1) is 13.0. The smallest absolute Gasteiger partial charge is 0.234 e. The molecule has 1 N–H and O–H groups in total. The number of hydrogen-bond acceptors (Lipinski definition) is 5. The average molecular weight is 407 g/mol. The van der Waals surface area contributed by atoms with Gasteiger partial charge < -0.3 is 14.6 Å². The van der Waals surface area contributed by atoms with Crippen LogP contribution in [-0.2, 0) is 18.4 Å². The fourth-order valence-corrected chi connectivity index (χ4v) is 3.11. The van der Waals surface area contributed by atoms with Gasteiger partial charge in [0.25, 0.3) is 0 Å². The Morgan fingerprint density at radius 1 is 1.26 bits per heavy atom. The number of nitrogens with one attached hydrogen (secondary N) is 1. The summed E-state index contributed by atoms with van der Waals surface area (Å²) >= 11 is 7.28. The van der Waals surface area contributed by atoms with Crippen LogP contribution in [0.3, 0.4) is 0 Å². The first-order valence-corrected chi connectivity index (χ1v) is 9.33. The zero-order valence-electron chi connectivity index (χ0n) is 14.4. The predicted molar refractivity (Wildman–Crippen MR) is 103 cm³/mol. The summed E-state index contributed by atoms with van der Waals surface area (Å²) in [6, 6.07) is 12.9. The third-order valence-electron chi connectivity index (χ3n) is 3.56. The van der Waals surface area contributed by atoms with Gasteiger partial charge in [0, 0.05) is 12.7 Å². The molecule has 9 heteroatoms. The Labute approximate surface area is 164 Å². The van der Waals surface area contributed by atoms with Crippen molar-refractivity contribution in [2.45, 2.75) is 11.8 Å². The van der Waals surface area contributed by atoms with Crippen molar-refractivity contribution < 1.29 is 13.9 Å². The Bertz CT molecular complexity index is 951. The van der Waals surface area contributed by atoms with Crippen LogP contribution in [-0.4, -0.2) is 26.4 Å². The largest absolute Gasteiger partial charge is 0.484 e. The highest BCUT2D eigenvalue weighted by molar-refractivity contribution is 7.99. The van der Waals surface area contributed by atoms with E-state index >= 15 is 0 Å². The quantitative estimate of drug-likeness (QED) is 0.602. The Morgan fingerprint density at radius 2 is 2.07 bits per heavy atom. The summed E-state index contributed by atoms with van der Waals surface area (Å²) in [7, 11) is 1.79. The van der Waals surface area contributed by atoms with Crippen LogP contribution >= 0.6 is 23.4 Å². The van der Waals surface area contributed by atoms with Gasteiger partial charge in [-0.2, -0.15) is 0 Å². The second kappa shape index (κ2) is 8.88. The van der Waals surface area contributed by atoms with Crippen molar-refractivity contribution in [1.29, 1.82) is 0 Å².